The summed E-state index contributed by atoms with van der Waals surface area (Å²) >= 11 is 0. The van der Waals surface area contributed by atoms with Crippen molar-refractivity contribution < 1.29 is 8.42 Å². The number of benzene rings is 1. The molecule has 0 aliphatic carbocycles. The fourth-order valence-electron chi connectivity index (χ4n) is 2.78. The molecule has 0 saturated carbocycles. The van der Waals surface area contributed by atoms with E-state index in [-0.39, 0.29) is 5.75 Å². The molecule has 1 aliphatic heterocycles. The lowest BCUT2D eigenvalue weighted by Gasteiger charge is -2.31. The second-order valence-corrected chi connectivity index (χ2v) is 8.02. The van der Waals surface area contributed by atoms with Crippen LogP contribution < -0.4 is 0 Å². The van der Waals surface area contributed by atoms with Crippen molar-refractivity contribution in [3.63, 3.8) is 0 Å². The van der Waals surface area contributed by atoms with Crippen molar-refractivity contribution in [2.24, 2.45) is 5.92 Å². The van der Waals surface area contributed by atoms with E-state index in [1.807, 2.05) is 0 Å². The Morgan fingerprint density at radius 2 is 1.75 bits per heavy atom. The number of rotatable bonds is 5. The minimum Gasteiger partial charge on any atom is -0.212 e. The van der Waals surface area contributed by atoms with Gasteiger partial charge in [-0.1, -0.05) is 29.8 Å². The molecule has 0 aromatic heterocycles. The van der Waals surface area contributed by atoms with Gasteiger partial charge in [-0.3, -0.25) is 0 Å². The first-order valence-corrected chi connectivity index (χ1v) is 9.15. The molecule has 1 aromatic carbocycles. The highest BCUT2D eigenvalue weighted by Crippen LogP contribution is 2.24. The summed E-state index contributed by atoms with van der Waals surface area (Å²) in [4.78, 5) is 0. The Balaban J connectivity index is 1.79. The van der Waals surface area contributed by atoms with Gasteiger partial charge >= 0.3 is 0 Å². The standard InChI is InChI=1S/C16H25NO2S/c1-3-20(18,19)17-12-10-16(11-13-17)9-8-15-6-4-14(2)5-7-15/h4-7,16H,3,8-13H2,1-2H3. The maximum atomic E-state index is 11.8. The zero-order chi connectivity index (χ0) is 14.6. The Morgan fingerprint density at radius 1 is 1.15 bits per heavy atom. The molecular weight excluding hydrogens is 270 g/mol. The van der Waals surface area contributed by atoms with Crippen molar-refractivity contribution in [3.8, 4) is 0 Å². The van der Waals surface area contributed by atoms with Gasteiger partial charge in [-0.15, -0.1) is 0 Å². The van der Waals surface area contributed by atoms with E-state index < -0.39 is 10.0 Å². The Labute approximate surface area is 123 Å². The van der Waals surface area contributed by atoms with Crippen molar-refractivity contribution in [2.75, 3.05) is 18.8 Å². The molecule has 3 nitrogen and oxygen atoms in total. The van der Waals surface area contributed by atoms with Gasteiger partial charge in [0.15, 0.2) is 0 Å². The normalized spacial score (nSPS) is 18.3. The highest BCUT2D eigenvalue weighted by Gasteiger charge is 2.26. The summed E-state index contributed by atoms with van der Waals surface area (Å²) in [5.41, 5.74) is 2.69. The summed E-state index contributed by atoms with van der Waals surface area (Å²) in [5, 5.41) is 0. The third-order valence-corrected chi connectivity index (χ3v) is 6.18. The molecule has 1 aromatic rings. The molecule has 1 saturated heterocycles. The van der Waals surface area contributed by atoms with Crippen molar-refractivity contribution in [1.82, 2.24) is 4.31 Å². The molecule has 0 N–H and O–H groups in total. The van der Waals surface area contributed by atoms with Crippen molar-refractivity contribution in [2.45, 2.75) is 39.5 Å². The van der Waals surface area contributed by atoms with Crippen LogP contribution in [0.15, 0.2) is 24.3 Å². The van der Waals surface area contributed by atoms with Crippen LogP contribution in [-0.4, -0.2) is 31.6 Å². The zero-order valence-electron chi connectivity index (χ0n) is 12.5. The summed E-state index contributed by atoms with van der Waals surface area (Å²) in [6.07, 6.45) is 4.28. The summed E-state index contributed by atoms with van der Waals surface area (Å²) in [6.45, 7) is 5.23. The van der Waals surface area contributed by atoms with Gasteiger partial charge < -0.3 is 0 Å². The molecule has 0 unspecified atom stereocenters. The first kappa shape index (κ1) is 15.5. The lowest BCUT2D eigenvalue weighted by Crippen LogP contribution is -2.39. The van der Waals surface area contributed by atoms with Gasteiger partial charge in [0, 0.05) is 13.1 Å². The number of sulfonamides is 1. The van der Waals surface area contributed by atoms with Crippen LogP contribution >= 0.6 is 0 Å². The monoisotopic (exact) mass is 295 g/mol. The molecule has 1 fully saturated rings. The van der Waals surface area contributed by atoms with Crippen LogP contribution in [0.1, 0.15) is 37.3 Å². The van der Waals surface area contributed by atoms with Gasteiger partial charge in [0.2, 0.25) is 10.0 Å². The number of hydrogen-bond acceptors (Lipinski definition) is 2. The molecule has 20 heavy (non-hydrogen) atoms. The van der Waals surface area contributed by atoms with Gasteiger partial charge in [-0.05, 0) is 51.0 Å². The van der Waals surface area contributed by atoms with Crippen molar-refractivity contribution in [1.29, 1.82) is 0 Å². The van der Waals surface area contributed by atoms with Gasteiger partial charge in [0.05, 0.1) is 5.75 Å². The predicted molar refractivity (Wildman–Crippen MR) is 83.3 cm³/mol. The number of hydrogen-bond donors (Lipinski definition) is 0. The third kappa shape index (κ3) is 4.06. The average Bonchev–Trinajstić information content (AvgIpc) is 2.47. The van der Waals surface area contributed by atoms with Crippen LogP contribution in [0, 0.1) is 12.8 Å². The van der Waals surface area contributed by atoms with E-state index in [0.29, 0.717) is 19.0 Å². The Morgan fingerprint density at radius 3 is 2.30 bits per heavy atom. The molecule has 0 amide bonds. The first-order chi connectivity index (χ1) is 9.51. The van der Waals surface area contributed by atoms with Crippen LogP contribution in [0.2, 0.25) is 0 Å². The smallest absolute Gasteiger partial charge is 0.212 e. The first-order valence-electron chi connectivity index (χ1n) is 7.54. The van der Waals surface area contributed by atoms with Gasteiger partial charge in [0.1, 0.15) is 0 Å². The second kappa shape index (κ2) is 6.72. The summed E-state index contributed by atoms with van der Waals surface area (Å²) in [5.74, 6) is 0.890. The van der Waals surface area contributed by atoms with Crippen LogP contribution in [0.4, 0.5) is 0 Å². The van der Waals surface area contributed by atoms with E-state index in [1.54, 1.807) is 11.2 Å². The SMILES string of the molecule is CCS(=O)(=O)N1CCC(CCc2ccc(C)cc2)CC1. The van der Waals surface area contributed by atoms with E-state index in [1.165, 1.54) is 17.5 Å². The number of piperidine rings is 1. The second-order valence-electron chi connectivity index (χ2n) is 5.77. The maximum Gasteiger partial charge on any atom is 0.213 e. The van der Waals surface area contributed by atoms with E-state index in [9.17, 15) is 8.42 Å². The largest absolute Gasteiger partial charge is 0.213 e. The lowest BCUT2D eigenvalue weighted by atomic mass is 9.91. The van der Waals surface area contributed by atoms with Crippen LogP contribution in [0.3, 0.4) is 0 Å². The molecule has 4 heteroatoms. The Hall–Kier alpha value is -0.870. The van der Waals surface area contributed by atoms with E-state index >= 15 is 0 Å². The van der Waals surface area contributed by atoms with E-state index in [0.717, 1.165) is 19.3 Å². The maximum absolute atomic E-state index is 11.8. The molecule has 1 heterocycles. The van der Waals surface area contributed by atoms with Crippen LogP contribution in [0.5, 0.6) is 0 Å². The van der Waals surface area contributed by atoms with Crippen molar-refractivity contribution >= 4 is 10.0 Å². The lowest BCUT2D eigenvalue weighted by molar-refractivity contribution is 0.264. The quantitative estimate of drug-likeness (QED) is 0.837. The molecular formula is C16H25NO2S. The predicted octanol–water partition coefficient (Wildman–Crippen LogP) is 2.99. The Kier molecular flexibility index (Phi) is 5.22. The molecule has 1 aliphatic rings. The minimum absolute atomic E-state index is 0.223. The fourth-order valence-corrected chi connectivity index (χ4v) is 3.92. The fraction of sp³-hybridized carbons (Fsp3) is 0.625. The van der Waals surface area contributed by atoms with Crippen LogP contribution in [-0.2, 0) is 16.4 Å². The topological polar surface area (TPSA) is 37.4 Å². The summed E-state index contributed by atoms with van der Waals surface area (Å²) in [7, 11) is -2.98. The third-order valence-electron chi connectivity index (χ3n) is 4.29. The highest BCUT2D eigenvalue weighted by molar-refractivity contribution is 7.89. The molecule has 0 atom stereocenters. The van der Waals surface area contributed by atoms with E-state index in [2.05, 4.69) is 31.2 Å². The Bertz CT molecular complexity index is 514. The summed E-state index contributed by atoms with van der Waals surface area (Å²) in [6, 6.07) is 8.72. The molecule has 2 rings (SSSR count). The number of aryl methyl sites for hydroxylation is 2. The number of nitrogens with zero attached hydrogens (tertiary/aromatic N) is 1. The average molecular weight is 295 g/mol. The molecule has 0 bridgehead atoms. The zero-order valence-corrected chi connectivity index (χ0v) is 13.3. The van der Waals surface area contributed by atoms with E-state index in [4.69, 9.17) is 0 Å². The molecule has 0 spiro atoms. The van der Waals surface area contributed by atoms with Gasteiger partial charge in [-0.25, -0.2) is 12.7 Å². The highest BCUT2D eigenvalue weighted by atomic mass is 32.2. The van der Waals surface area contributed by atoms with Crippen LogP contribution in [0.25, 0.3) is 0 Å². The summed E-state index contributed by atoms with van der Waals surface area (Å²) < 4.78 is 25.3. The van der Waals surface area contributed by atoms with Crippen molar-refractivity contribution in [3.05, 3.63) is 35.4 Å². The molecule has 112 valence electrons. The minimum atomic E-state index is -2.98. The molecule has 0 radical (unpaired) electrons. The van der Waals surface area contributed by atoms with Gasteiger partial charge in [0.25, 0.3) is 0 Å². The van der Waals surface area contributed by atoms with Gasteiger partial charge in [-0.2, -0.15) is 0 Å².